The van der Waals surface area contributed by atoms with E-state index in [0.29, 0.717) is 12.3 Å². The predicted octanol–water partition coefficient (Wildman–Crippen LogP) is 3.46. The van der Waals surface area contributed by atoms with Crippen molar-refractivity contribution in [2.75, 3.05) is 13.1 Å². The molecule has 1 fully saturated rings. The number of unbranched alkanes of at least 4 members (excludes halogenated alkanes) is 1. The number of hydrogen-bond donors (Lipinski definition) is 1. The number of benzene rings is 1. The van der Waals surface area contributed by atoms with Crippen LogP contribution in [-0.4, -0.2) is 29.1 Å². The molecule has 1 heterocycles. The van der Waals surface area contributed by atoms with Crippen LogP contribution in [0.4, 0.5) is 4.39 Å². The smallest absolute Gasteiger partial charge is 0.303 e. The van der Waals surface area contributed by atoms with Crippen LogP contribution >= 0.6 is 0 Å². The van der Waals surface area contributed by atoms with Crippen molar-refractivity contribution < 1.29 is 14.3 Å². The first kappa shape index (κ1) is 15.0. The number of carbonyl (C=O) groups is 1. The lowest BCUT2D eigenvalue weighted by molar-refractivity contribution is -0.137. The first-order valence-corrected chi connectivity index (χ1v) is 7.29. The molecule has 1 saturated heterocycles. The molecule has 1 N–H and O–H groups in total. The van der Waals surface area contributed by atoms with Crippen molar-refractivity contribution in [2.24, 2.45) is 5.92 Å². The van der Waals surface area contributed by atoms with E-state index < -0.39 is 5.97 Å². The molecule has 110 valence electrons. The summed E-state index contributed by atoms with van der Waals surface area (Å²) >= 11 is 0. The summed E-state index contributed by atoms with van der Waals surface area (Å²) in [5.74, 6) is -0.412. The quantitative estimate of drug-likeness (QED) is 0.811. The lowest BCUT2D eigenvalue weighted by atomic mass is 9.95. The van der Waals surface area contributed by atoms with E-state index in [1.807, 2.05) is 6.07 Å². The molecule has 1 aliphatic rings. The number of likely N-dealkylation sites (tertiary alicyclic amines) is 1. The zero-order valence-electron chi connectivity index (χ0n) is 11.9. The third-order valence-corrected chi connectivity index (χ3v) is 4.08. The normalized spacial score (nSPS) is 23.1. The topological polar surface area (TPSA) is 40.5 Å². The molecule has 0 aliphatic carbocycles. The largest absolute Gasteiger partial charge is 0.481 e. The minimum atomic E-state index is -0.735. The Labute approximate surface area is 119 Å². The van der Waals surface area contributed by atoms with Crippen molar-refractivity contribution in [1.82, 2.24) is 4.90 Å². The summed E-state index contributed by atoms with van der Waals surface area (Å²) in [5, 5.41) is 8.65. The van der Waals surface area contributed by atoms with Crippen molar-refractivity contribution in [1.29, 1.82) is 0 Å². The van der Waals surface area contributed by atoms with Crippen LogP contribution in [0.2, 0.25) is 0 Å². The van der Waals surface area contributed by atoms with Gasteiger partial charge < -0.3 is 5.11 Å². The summed E-state index contributed by atoms with van der Waals surface area (Å²) in [6.07, 6.45) is 2.93. The fourth-order valence-electron chi connectivity index (χ4n) is 3.10. The van der Waals surface area contributed by atoms with Gasteiger partial charge in [-0.3, -0.25) is 9.69 Å². The molecule has 0 bridgehead atoms. The Balaban J connectivity index is 1.96. The van der Waals surface area contributed by atoms with Crippen LogP contribution in [0.25, 0.3) is 0 Å². The molecular formula is C16H22FNO2. The summed E-state index contributed by atoms with van der Waals surface area (Å²) in [4.78, 5) is 12.9. The lowest BCUT2D eigenvalue weighted by Crippen LogP contribution is -2.26. The van der Waals surface area contributed by atoms with Gasteiger partial charge >= 0.3 is 5.97 Å². The van der Waals surface area contributed by atoms with E-state index in [-0.39, 0.29) is 18.3 Å². The zero-order chi connectivity index (χ0) is 14.5. The van der Waals surface area contributed by atoms with Gasteiger partial charge in [0, 0.05) is 12.5 Å². The van der Waals surface area contributed by atoms with Gasteiger partial charge in [0.1, 0.15) is 5.82 Å². The van der Waals surface area contributed by atoms with Crippen LogP contribution in [0.5, 0.6) is 0 Å². The van der Waals surface area contributed by atoms with Gasteiger partial charge in [0.25, 0.3) is 0 Å². The molecule has 1 aliphatic heterocycles. The third kappa shape index (κ3) is 3.79. The van der Waals surface area contributed by atoms with Crippen molar-refractivity contribution in [3.63, 3.8) is 0 Å². The zero-order valence-corrected chi connectivity index (χ0v) is 11.9. The molecule has 1 aromatic carbocycles. The Morgan fingerprint density at radius 3 is 2.95 bits per heavy atom. The average Bonchev–Trinajstić information content (AvgIpc) is 2.76. The summed E-state index contributed by atoms with van der Waals surface area (Å²) in [5.41, 5.74) is 1.04. The Bertz CT molecular complexity index is 464. The highest BCUT2D eigenvalue weighted by atomic mass is 19.1. The van der Waals surface area contributed by atoms with Crippen molar-refractivity contribution >= 4 is 5.97 Å². The van der Waals surface area contributed by atoms with E-state index >= 15 is 0 Å². The highest BCUT2D eigenvalue weighted by Crippen LogP contribution is 2.37. The summed E-state index contributed by atoms with van der Waals surface area (Å²) in [7, 11) is 0. The van der Waals surface area contributed by atoms with E-state index in [0.717, 1.165) is 31.5 Å². The minimum Gasteiger partial charge on any atom is -0.481 e. The Hall–Kier alpha value is -1.42. The van der Waals surface area contributed by atoms with Gasteiger partial charge in [-0.15, -0.1) is 0 Å². The van der Waals surface area contributed by atoms with Gasteiger partial charge in [0.15, 0.2) is 0 Å². The molecule has 0 spiro atoms. The van der Waals surface area contributed by atoms with Crippen molar-refractivity contribution in [3.8, 4) is 0 Å². The maximum atomic E-state index is 13.4. The SMILES string of the molecule is C[C@@H]1CCN(CCCCC(=O)O)[C@H]1c1cccc(F)c1. The highest BCUT2D eigenvalue weighted by molar-refractivity contribution is 5.66. The molecule has 0 saturated carbocycles. The maximum absolute atomic E-state index is 13.4. The molecule has 0 aromatic heterocycles. The molecule has 2 rings (SSSR count). The summed E-state index contributed by atoms with van der Waals surface area (Å²) in [6.45, 7) is 4.10. The van der Waals surface area contributed by atoms with Gasteiger partial charge in [-0.1, -0.05) is 19.1 Å². The molecule has 4 heteroatoms. The lowest BCUT2D eigenvalue weighted by Gasteiger charge is -2.27. The Morgan fingerprint density at radius 2 is 2.25 bits per heavy atom. The minimum absolute atomic E-state index is 0.188. The van der Waals surface area contributed by atoms with Crippen molar-refractivity contribution in [2.45, 2.75) is 38.6 Å². The Morgan fingerprint density at radius 1 is 1.45 bits per heavy atom. The maximum Gasteiger partial charge on any atom is 0.303 e. The Kier molecular flexibility index (Phi) is 5.12. The molecule has 0 amide bonds. The van der Waals surface area contributed by atoms with E-state index in [9.17, 15) is 9.18 Å². The van der Waals surface area contributed by atoms with E-state index in [1.54, 1.807) is 12.1 Å². The van der Waals surface area contributed by atoms with Crippen molar-refractivity contribution in [3.05, 3.63) is 35.6 Å². The molecule has 2 atom stereocenters. The number of halogens is 1. The van der Waals surface area contributed by atoms with Crippen LogP contribution in [-0.2, 0) is 4.79 Å². The fourth-order valence-corrected chi connectivity index (χ4v) is 3.10. The first-order chi connectivity index (χ1) is 9.58. The van der Waals surface area contributed by atoms with Crippen LogP contribution in [0.3, 0.4) is 0 Å². The average molecular weight is 279 g/mol. The second-order valence-corrected chi connectivity index (χ2v) is 5.65. The monoisotopic (exact) mass is 279 g/mol. The van der Waals surface area contributed by atoms with Crippen LogP contribution < -0.4 is 0 Å². The number of carboxylic acid groups (broad SMARTS) is 1. The first-order valence-electron chi connectivity index (χ1n) is 7.29. The summed E-state index contributed by atoms with van der Waals surface area (Å²) in [6, 6.07) is 7.10. The molecular weight excluding hydrogens is 257 g/mol. The fraction of sp³-hybridized carbons (Fsp3) is 0.562. The van der Waals surface area contributed by atoms with Gasteiger partial charge in [-0.25, -0.2) is 4.39 Å². The van der Waals surface area contributed by atoms with E-state index in [2.05, 4.69) is 11.8 Å². The molecule has 0 unspecified atom stereocenters. The second kappa shape index (κ2) is 6.84. The van der Waals surface area contributed by atoms with E-state index in [1.165, 1.54) is 6.07 Å². The van der Waals surface area contributed by atoms with Crippen LogP contribution in [0, 0.1) is 11.7 Å². The van der Waals surface area contributed by atoms with Gasteiger partial charge in [-0.05, 0) is 56.0 Å². The van der Waals surface area contributed by atoms with E-state index in [4.69, 9.17) is 5.11 Å². The predicted molar refractivity (Wildman–Crippen MR) is 76.0 cm³/mol. The number of carboxylic acids is 1. The summed E-state index contributed by atoms with van der Waals surface area (Å²) < 4.78 is 13.4. The third-order valence-electron chi connectivity index (χ3n) is 4.08. The molecule has 1 aromatic rings. The van der Waals surface area contributed by atoms with Gasteiger partial charge in [-0.2, -0.15) is 0 Å². The highest BCUT2D eigenvalue weighted by Gasteiger charge is 2.31. The number of aliphatic carboxylic acids is 1. The van der Waals surface area contributed by atoms with Gasteiger partial charge in [0.05, 0.1) is 0 Å². The number of hydrogen-bond acceptors (Lipinski definition) is 2. The number of nitrogens with zero attached hydrogens (tertiary/aromatic N) is 1. The van der Waals surface area contributed by atoms with Gasteiger partial charge in [0.2, 0.25) is 0 Å². The number of rotatable bonds is 6. The molecule has 20 heavy (non-hydrogen) atoms. The molecule has 0 radical (unpaired) electrons. The van der Waals surface area contributed by atoms with Crippen LogP contribution in [0.15, 0.2) is 24.3 Å². The molecule has 3 nitrogen and oxygen atoms in total. The second-order valence-electron chi connectivity index (χ2n) is 5.65. The van der Waals surface area contributed by atoms with Crippen LogP contribution in [0.1, 0.15) is 44.2 Å². The standard InChI is InChI=1S/C16H22FNO2/c1-12-8-10-18(9-3-2-7-15(19)20)16(12)13-5-4-6-14(17)11-13/h4-6,11-12,16H,2-3,7-10H2,1H3,(H,19,20)/t12-,16-/m1/s1.